The number of para-hydroxylation sites is 1. The van der Waals surface area contributed by atoms with Gasteiger partial charge < -0.3 is 9.47 Å². The summed E-state index contributed by atoms with van der Waals surface area (Å²) in [6.07, 6.45) is 3.78. The van der Waals surface area contributed by atoms with Crippen LogP contribution in [0.3, 0.4) is 0 Å². The van der Waals surface area contributed by atoms with Crippen LogP contribution in [0.5, 0.6) is 11.5 Å². The Kier molecular flexibility index (Phi) is 4.93. The third-order valence-electron chi connectivity index (χ3n) is 5.79. The highest BCUT2D eigenvalue weighted by atomic mass is 32.1. The van der Waals surface area contributed by atoms with Crippen LogP contribution < -0.4 is 19.6 Å². The zero-order chi connectivity index (χ0) is 24.1. The minimum absolute atomic E-state index is 0.203. The number of hydrogen-bond acceptors (Lipinski definition) is 8. The number of thiazole rings is 1. The van der Waals surface area contributed by atoms with Crippen LogP contribution in [-0.4, -0.2) is 37.6 Å². The van der Waals surface area contributed by atoms with Gasteiger partial charge in [0.2, 0.25) is 4.96 Å². The first-order valence-corrected chi connectivity index (χ1v) is 12.9. The second-order valence-electron chi connectivity index (χ2n) is 8.09. The average molecular weight is 512 g/mol. The smallest absolute Gasteiger partial charge is 0.291 e. The molecule has 0 unspecified atom stereocenters. The fourth-order valence-corrected chi connectivity index (χ4v) is 5.66. The highest BCUT2D eigenvalue weighted by molar-refractivity contribution is 7.15. The Hall–Kier alpha value is -4.28. The van der Waals surface area contributed by atoms with E-state index in [4.69, 9.17) is 14.6 Å². The third-order valence-corrected chi connectivity index (χ3v) is 7.61. The molecule has 6 aromatic rings. The molecule has 176 valence electrons. The first kappa shape index (κ1) is 21.0. The van der Waals surface area contributed by atoms with E-state index in [1.165, 1.54) is 15.9 Å². The van der Waals surface area contributed by atoms with Crippen molar-refractivity contribution in [1.29, 1.82) is 0 Å². The van der Waals surface area contributed by atoms with E-state index in [0.717, 1.165) is 27.4 Å². The third kappa shape index (κ3) is 3.58. The lowest BCUT2D eigenvalue weighted by Crippen LogP contribution is -2.23. The van der Waals surface area contributed by atoms with Gasteiger partial charge in [0.05, 0.1) is 15.1 Å². The summed E-state index contributed by atoms with van der Waals surface area (Å²) < 4.78 is 15.2. The van der Waals surface area contributed by atoms with Crippen molar-refractivity contribution < 1.29 is 9.47 Å². The first-order chi connectivity index (χ1) is 17.7. The molecule has 2 aromatic carbocycles. The predicted molar refractivity (Wildman–Crippen MR) is 139 cm³/mol. The summed E-state index contributed by atoms with van der Waals surface area (Å²) in [4.78, 5) is 19.3. The molecule has 0 radical (unpaired) electrons. The number of benzene rings is 2. The van der Waals surface area contributed by atoms with Gasteiger partial charge in [-0.25, -0.2) is 4.68 Å². The summed E-state index contributed by atoms with van der Waals surface area (Å²) in [5.74, 6) is 1.96. The van der Waals surface area contributed by atoms with Crippen molar-refractivity contribution in [3.8, 4) is 39.1 Å². The largest absolute Gasteiger partial charge is 0.486 e. The topological polar surface area (TPSA) is 83.5 Å². The number of nitrogens with zero attached hydrogens (tertiary/aromatic N) is 5. The molecule has 4 aromatic heterocycles. The van der Waals surface area contributed by atoms with Crippen molar-refractivity contribution in [3.05, 3.63) is 92.7 Å². The van der Waals surface area contributed by atoms with E-state index in [0.29, 0.717) is 40.0 Å². The molecule has 0 amide bonds. The van der Waals surface area contributed by atoms with Crippen LogP contribution in [-0.2, 0) is 0 Å². The Balaban J connectivity index is 1.38. The summed E-state index contributed by atoms with van der Waals surface area (Å²) in [6.45, 7) is 1.03. The standard InChI is InChI=1S/C26H17N5O3S2/c32-25-22(36-26-27-24(29-31(25)26)21-7-4-12-35-21)14-17-15-30(18-5-2-1-3-6-18)28-23(17)16-8-9-19-20(13-16)34-11-10-33-19/h1-9,12-15H,10-11H2. The minimum Gasteiger partial charge on any atom is -0.486 e. The number of thiophene rings is 1. The molecule has 7 rings (SSSR count). The van der Waals surface area contributed by atoms with Gasteiger partial charge >= 0.3 is 0 Å². The number of aromatic nitrogens is 5. The van der Waals surface area contributed by atoms with Crippen LogP contribution in [0.1, 0.15) is 5.56 Å². The van der Waals surface area contributed by atoms with Gasteiger partial charge in [-0.3, -0.25) is 4.79 Å². The second-order valence-corrected chi connectivity index (χ2v) is 10.1. The average Bonchev–Trinajstić information content (AvgIpc) is 3.71. The van der Waals surface area contributed by atoms with E-state index in [-0.39, 0.29) is 5.56 Å². The summed E-state index contributed by atoms with van der Waals surface area (Å²) >= 11 is 2.86. The normalized spacial score (nSPS) is 13.5. The maximum absolute atomic E-state index is 13.2. The Morgan fingerprint density at radius 3 is 2.61 bits per heavy atom. The van der Waals surface area contributed by atoms with Gasteiger partial charge in [0, 0.05) is 17.3 Å². The zero-order valence-corrected chi connectivity index (χ0v) is 20.3. The first-order valence-electron chi connectivity index (χ1n) is 11.2. The van der Waals surface area contributed by atoms with Crippen LogP contribution >= 0.6 is 22.7 Å². The van der Waals surface area contributed by atoms with E-state index in [1.54, 1.807) is 11.3 Å². The zero-order valence-electron chi connectivity index (χ0n) is 18.7. The van der Waals surface area contributed by atoms with Gasteiger partial charge in [0.25, 0.3) is 5.56 Å². The van der Waals surface area contributed by atoms with E-state index in [2.05, 4.69) is 10.1 Å². The lowest BCUT2D eigenvalue weighted by atomic mass is 10.1. The Labute approximate surface area is 212 Å². The van der Waals surface area contributed by atoms with Crippen LogP contribution in [0.2, 0.25) is 0 Å². The van der Waals surface area contributed by atoms with E-state index < -0.39 is 0 Å². The molecule has 0 aliphatic carbocycles. The molecular weight excluding hydrogens is 494 g/mol. The Morgan fingerprint density at radius 2 is 1.81 bits per heavy atom. The van der Waals surface area contributed by atoms with Crippen molar-refractivity contribution in [1.82, 2.24) is 24.4 Å². The number of rotatable bonds is 4. The SMILES string of the molecule is O=c1c(=Cc2cn(-c3ccccc3)nc2-c2ccc3c(c2)OCCO3)sc2nc(-c3cccs3)nn12. The molecule has 10 heteroatoms. The second kappa shape index (κ2) is 8.43. The van der Waals surface area contributed by atoms with E-state index >= 15 is 0 Å². The monoisotopic (exact) mass is 511 g/mol. The quantitative estimate of drug-likeness (QED) is 0.355. The van der Waals surface area contributed by atoms with Crippen LogP contribution in [0.15, 0.2) is 77.0 Å². The van der Waals surface area contributed by atoms with Crippen molar-refractivity contribution in [3.63, 3.8) is 0 Å². The molecule has 0 fully saturated rings. The van der Waals surface area contributed by atoms with Gasteiger partial charge in [0.1, 0.15) is 18.9 Å². The molecule has 1 aliphatic rings. The maximum atomic E-state index is 13.2. The van der Waals surface area contributed by atoms with Crippen LogP contribution in [0.25, 0.3) is 38.7 Å². The number of fused-ring (bicyclic) bond motifs is 2. The summed E-state index contributed by atoms with van der Waals surface area (Å²) in [6, 6.07) is 19.5. The van der Waals surface area contributed by atoms with Crippen LogP contribution in [0.4, 0.5) is 0 Å². The molecule has 0 saturated carbocycles. The lowest BCUT2D eigenvalue weighted by Gasteiger charge is -2.18. The van der Waals surface area contributed by atoms with Crippen molar-refractivity contribution in [2.75, 3.05) is 13.2 Å². The van der Waals surface area contributed by atoms with Crippen molar-refractivity contribution in [2.45, 2.75) is 0 Å². The molecule has 5 heterocycles. The fraction of sp³-hybridized carbons (Fsp3) is 0.0769. The Morgan fingerprint density at radius 1 is 0.944 bits per heavy atom. The number of ether oxygens (including phenoxy) is 2. The van der Waals surface area contributed by atoms with Gasteiger partial charge in [-0.2, -0.15) is 14.6 Å². The molecule has 1 aliphatic heterocycles. The molecule has 36 heavy (non-hydrogen) atoms. The number of hydrogen-bond donors (Lipinski definition) is 0. The maximum Gasteiger partial charge on any atom is 0.291 e. The molecule has 8 nitrogen and oxygen atoms in total. The summed E-state index contributed by atoms with van der Waals surface area (Å²) in [7, 11) is 0. The fourth-order valence-electron chi connectivity index (χ4n) is 4.11. The Bertz CT molecular complexity index is 1820. The van der Waals surface area contributed by atoms with Gasteiger partial charge in [-0.15, -0.1) is 16.4 Å². The highest BCUT2D eigenvalue weighted by Crippen LogP contribution is 2.35. The molecule has 0 N–H and O–H groups in total. The summed E-state index contributed by atoms with van der Waals surface area (Å²) in [5, 5.41) is 11.3. The van der Waals surface area contributed by atoms with E-state index in [1.807, 2.05) is 83.0 Å². The predicted octanol–water partition coefficient (Wildman–Crippen LogP) is 4.05. The lowest BCUT2D eigenvalue weighted by molar-refractivity contribution is 0.171. The van der Waals surface area contributed by atoms with Crippen LogP contribution in [0, 0.1) is 0 Å². The van der Waals surface area contributed by atoms with E-state index in [9.17, 15) is 4.79 Å². The minimum atomic E-state index is -0.203. The van der Waals surface area contributed by atoms with Crippen molar-refractivity contribution >= 4 is 33.7 Å². The molecule has 0 bridgehead atoms. The molecule has 0 saturated heterocycles. The summed E-state index contributed by atoms with van der Waals surface area (Å²) in [5.41, 5.74) is 3.11. The molecule has 0 spiro atoms. The highest BCUT2D eigenvalue weighted by Gasteiger charge is 2.18. The van der Waals surface area contributed by atoms with Gasteiger partial charge in [0.15, 0.2) is 17.3 Å². The molecular formula is C26H17N5O3S2. The van der Waals surface area contributed by atoms with Gasteiger partial charge in [-0.1, -0.05) is 35.6 Å². The molecule has 0 atom stereocenters. The van der Waals surface area contributed by atoms with Gasteiger partial charge in [-0.05, 0) is 47.9 Å². The van der Waals surface area contributed by atoms with Crippen molar-refractivity contribution in [2.24, 2.45) is 0 Å².